The Kier molecular flexibility index (Phi) is 5.05. The van der Waals surface area contributed by atoms with Gasteiger partial charge in [-0.05, 0) is 35.9 Å². The minimum Gasteiger partial charge on any atom is -0.350 e. The van der Waals surface area contributed by atoms with E-state index in [2.05, 4.69) is 10.6 Å². The second kappa shape index (κ2) is 7.40. The largest absolute Gasteiger partial charge is 0.350 e. The Morgan fingerprint density at radius 3 is 2.68 bits per heavy atom. The van der Waals surface area contributed by atoms with Gasteiger partial charge in [0.1, 0.15) is 6.54 Å². The molecule has 3 aromatic rings. The molecule has 2 N–H and O–H groups in total. The van der Waals surface area contributed by atoms with E-state index < -0.39 is 0 Å². The van der Waals surface area contributed by atoms with Crippen LogP contribution < -0.4 is 10.6 Å². The van der Waals surface area contributed by atoms with Crippen molar-refractivity contribution in [3.8, 4) is 0 Å². The first kappa shape index (κ1) is 17.0. The summed E-state index contributed by atoms with van der Waals surface area (Å²) in [5, 5.41) is 7.24. The van der Waals surface area contributed by atoms with Crippen molar-refractivity contribution in [1.29, 1.82) is 0 Å². The molecule has 0 saturated heterocycles. The SMILES string of the molecule is CC(=O)Nc1cccc2c1ccn2CC(=O)NCc1cccc(Cl)c1. The molecule has 0 spiro atoms. The van der Waals surface area contributed by atoms with Crippen LogP contribution in [0.2, 0.25) is 5.02 Å². The number of aromatic nitrogens is 1. The number of carbonyl (C=O) groups is 2. The van der Waals surface area contributed by atoms with Gasteiger partial charge in [0, 0.05) is 30.1 Å². The number of hydrogen-bond acceptors (Lipinski definition) is 2. The highest BCUT2D eigenvalue weighted by Gasteiger charge is 2.09. The number of benzene rings is 2. The number of anilines is 1. The van der Waals surface area contributed by atoms with Gasteiger partial charge in [0.2, 0.25) is 11.8 Å². The smallest absolute Gasteiger partial charge is 0.240 e. The lowest BCUT2D eigenvalue weighted by Gasteiger charge is -2.09. The van der Waals surface area contributed by atoms with Gasteiger partial charge < -0.3 is 15.2 Å². The Morgan fingerprint density at radius 2 is 1.92 bits per heavy atom. The van der Waals surface area contributed by atoms with E-state index in [4.69, 9.17) is 11.6 Å². The zero-order valence-electron chi connectivity index (χ0n) is 13.8. The molecule has 2 amide bonds. The summed E-state index contributed by atoms with van der Waals surface area (Å²) in [6, 6.07) is 14.9. The van der Waals surface area contributed by atoms with Crippen molar-refractivity contribution in [3.63, 3.8) is 0 Å². The Labute approximate surface area is 150 Å². The van der Waals surface area contributed by atoms with Crippen LogP contribution in [0.15, 0.2) is 54.7 Å². The van der Waals surface area contributed by atoms with E-state index in [0.717, 1.165) is 22.2 Å². The van der Waals surface area contributed by atoms with Crippen LogP contribution in [0, 0.1) is 0 Å². The maximum absolute atomic E-state index is 12.2. The number of nitrogens with one attached hydrogen (secondary N) is 2. The molecule has 128 valence electrons. The Hall–Kier alpha value is -2.79. The van der Waals surface area contributed by atoms with Gasteiger partial charge in [0.15, 0.2) is 0 Å². The molecule has 0 atom stereocenters. The molecular weight excluding hydrogens is 338 g/mol. The molecule has 5 nitrogen and oxygen atoms in total. The highest BCUT2D eigenvalue weighted by atomic mass is 35.5. The van der Waals surface area contributed by atoms with Gasteiger partial charge in [-0.2, -0.15) is 0 Å². The fourth-order valence-electron chi connectivity index (χ4n) is 2.72. The minimum absolute atomic E-state index is 0.0950. The van der Waals surface area contributed by atoms with Crippen LogP contribution in [0.3, 0.4) is 0 Å². The molecule has 3 rings (SSSR count). The van der Waals surface area contributed by atoms with Crippen LogP contribution >= 0.6 is 11.6 Å². The molecule has 0 saturated carbocycles. The summed E-state index contributed by atoms with van der Waals surface area (Å²) in [7, 11) is 0. The van der Waals surface area contributed by atoms with Gasteiger partial charge in [-0.15, -0.1) is 0 Å². The lowest BCUT2D eigenvalue weighted by Crippen LogP contribution is -2.26. The molecule has 0 aliphatic heterocycles. The number of amides is 2. The first-order valence-corrected chi connectivity index (χ1v) is 8.27. The topological polar surface area (TPSA) is 63.1 Å². The average Bonchev–Trinajstić information content (AvgIpc) is 2.97. The molecule has 0 aliphatic rings. The predicted molar refractivity (Wildman–Crippen MR) is 99.5 cm³/mol. The molecule has 0 unspecified atom stereocenters. The molecule has 1 heterocycles. The zero-order valence-corrected chi connectivity index (χ0v) is 14.5. The second-order valence-electron chi connectivity index (χ2n) is 5.77. The monoisotopic (exact) mass is 355 g/mol. The summed E-state index contributed by atoms with van der Waals surface area (Å²) in [5.74, 6) is -0.220. The number of nitrogens with zero attached hydrogens (tertiary/aromatic N) is 1. The van der Waals surface area contributed by atoms with Crippen LogP contribution in [-0.2, 0) is 22.7 Å². The highest BCUT2D eigenvalue weighted by molar-refractivity contribution is 6.30. The zero-order chi connectivity index (χ0) is 17.8. The van der Waals surface area contributed by atoms with Crippen LogP contribution in [0.25, 0.3) is 10.9 Å². The summed E-state index contributed by atoms with van der Waals surface area (Å²) in [4.78, 5) is 23.5. The summed E-state index contributed by atoms with van der Waals surface area (Å²) in [6.07, 6.45) is 1.84. The van der Waals surface area contributed by atoms with E-state index in [0.29, 0.717) is 11.6 Å². The van der Waals surface area contributed by atoms with Crippen molar-refractivity contribution in [2.75, 3.05) is 5.32 Å². The Morgan fingerprint density at radius 1 is 1.12 bits per heavy atom. The van der Waals surface area contributed by atoms with Gasteiger partial charge in [-0.25, -0.2) is 0 Å². The second-order valence-corrected chi connectivity index (χ2v) is 6.21. The molecule has 2 aromatic carbocycles. The average molecular weight is 356 g/mol. The number of halogens is 1. The molecule has 0 bridgehead atoms. The lowest BCUT2D eigenvalue weighted by atomic mass is 10.2. The number of carbonyl (C=O) groups excluding carboxylic acids is 2. The first-order valence-electron chi connectivity index (χ1n) is 7.89. The molecule has 6 heteroatoms. The third-order valence-electron chi connectivity index (χ3n) is 3.82. The normalized spacial score (nSPS) is 10.6. The maximum Gasteiger partial charge on any atom is 0.240 e. The number of rotatable bonds is 5. The van der Waals surface area contributed by atoms with Gasteiger partial charge in [-0.3, -0.25) is 9.59 Å². The fraction of sp³-hybridized carbons (Fsp3) is 0.158. The highest BCUT2D eigenvalue weighted by Crippen LogP contribution is 2.24. The van der Waals surface area contributed by atoms with Gasteiger partial charge in [0.25, 0.3) is 0 Å². The molecule has 0 radical (unpaired) electrons. The van der Waals surface area contributed by atoms with Crippen LogP contribution in [-0.4, -0.2) is 16.4 Å². The van der Waals surface area contributed by atoms with Crippen molar-refractivity contribution < 1.29 is 9.59 Å². The summed E-state index contributed by atoms with van der Waals surface area (Å²) in [6.45, 7) is 2.10. The summed E-state index contributed by atoms with van der Waals surface area (Å²) in [5.41, 5.74) is 2.58. The van der Waals surface area contributed by atoms with Crippen molar-refractivity contribution in [2.45, 2.75) is 20.0 Å². The van der Waals surface area contributed by atoms with Crippen LogP contribution in [0.4, 0.5) is 5.69 Å². The summed E-state index contributed by atoms with van der Waals surface area (Å²) >= 11 is 5.94. The summed E-state index contributed by atoms with van der Waals surface area (Å²) < 4.78 is 1.86. The van der Waals surface area contributed by atoms with Crippen molar-refractivity contribution >= 4 is 40.0 Å². The Bertz CT molecular complexity index is 933. The lowest BCUT2D eigenvalue weighted by molar-refractivity contribution is -0.121. The maximum atomic E-state index is 12.2. The van der Waals surface area contributed by atoms with E-state index in [1.807, 2.05) is 53.2 Å². The molecular formula is C19H18ClN3O2. The van der Waals surface area contributed by atoms with Crippen molar-refractivity contribution in [1.82, 2.24) is 9.88 Å². The van der Waals surface area contributed by atoms with Gasteiger partial charge in [-0.1, -0.05) is 29.8 Å². The van der Waals surface area contributed by atoms with Crippen molar-refractivity contribution in [2.24, 2.45) is 0 Å². The van der Waals surface area contributed by atoms with E-state index >= 15 is 0 Å². The molecule has 25 heavy (non-hydrogen) atoms. The standard InChI is InChI=1S/C19H18ClN3O2/c1-13(24)22-17-6-3-7-18-16(17)8-9-23(18)12-19(25)21-11-14-4-2-5-15(20)10-14/h2-10H,11-12H2,1H3,(H,21,25)(H,22,24). The van der Waals surface area contributed by atoms with E-state index in [9.17, 15) is 9.59 Å². The number of hydrogen-bond donors (Lipinski definition) is 2. The van der Waals surface area contributed by atoms with Crippen molar-refractivity contribution in [3.05, 3.63) is 65.3 Å². The molecule has 0 aliphatic carbocycles. The van der Waals surface area contributed by atoms with E-state index in [1.54, 1.807) is 6.07 Å². The van der Waals surface area contributed by atoms with Gasteiger partial charge >= 0.3 is 0 Å². The first-order chi connectivity index (χ1) is 12.0. The quantitative estimate of drug-likeness (QED) is 0.735. The minimum atomic E-state index is -0.125. The molecule has 0 fully saturated rings. The van der Waals surface area contributed by atoms with Gasteiger partial charge in [0.05, 0.1) is 11.2 Å². The third kappa shape index (κ3) is 4.19. The predicted octanol–water partition coefficient (Wildman–Crippen LogP) is 3.57. The van der Waals surface area contributed by atoms with Crippen LogP contribution in [0.5, 0.6) is 0 Å². The van der Waals surface area contributed by atoms with E-state index in [-0.39, 0.29) is 18.4 Å². The van der Waals surface area contributed by atoms with E-state index in [1.165, 1.54) is 6.92 Å². The molecule has 1 aromatic heterocycles. The Balaban J connectivity index is 1.70. The van der Waals surface area contributed by atoms with Crippen LogP contribution in [0.1, 0.15) is 12.5 Å². The number of fused-ring (bicyclic) bond motifs is 1. The third-order valence-corrected chi connectivity index (χ3v) is 4.05. The fourth-order valence-corrected chi connectivity index (χ4v) is 2.93.